The molecule has 0 aliphatic heterocycles. The molecule has 0 nitrogen and oxygen atoms in total. The van der Waals surface area contributed by atoms with E-state index in [1.165, 1.54) is 41.5 Å². The molecule has 0 saturated carbocycles. The summed E-state index contributed by atoms with van der Waals surface area (Å²) in [5.74, 6) is -40.7. The standard InChI is InChI=1S/C32H24BF15P/c1-9-10-12(49(31(3,4)5)32(6,7)8)11(2)33(13-16(34)22(40)28(46)23(41)17(13)35,14-18(36)24(42)29(47)25(43)19(14)37)15-20(38)26(44)30(48)27(45)21(15)39/h1-8H3/q-1/p+1/b12-11+. The van der Waals surface area contributed by atoms with Gasteiger partial charge in [0.05, 0.1) is 10.3 Å². The smallest absolute Gasteiger partial charge is 0.200 e. The summed E-state index contributed by atoms with van der Waals surface area (Å²) in [5, 5.41) is -2.77. The quantitative estimate of drug-likeness (QED) is 0.0614. The van der Waals surface area contributed by atoms with Crippen molar-refractivity contribution in [2.24, 2.45) is 0 Å². The second-order valence-corrected chi connectivity index (χ2v) is 17.4. The monoisotopic (exact) mass is 736 g/mol. The zero-order valence-electron chi connectivity index (χ0n) is 26.7. The molecule has 49 heavy (non-hydrogen) atoms. The molecule has 3 rings (SSSR count). The van der Waals surface area contributed by atoms with Gasteiger partial charge in [0, 0.05) is 7.92 Å². The van der Waals surface area contributed by atoms with Gasteiger partial charge in [-0.1, -0.05) is 12.8 Å². The molecule has 0 aliphatic rings. The second kappa shape index (κ2) is 13.3. The third-order valence-electron chi connectivity index (χ3n) is 8.07. The average molecular weight is 736 g/mol. The number of halogens is 15. The maximum absolute atomic E-state index is 16.1. The molecule has 0 unspecified atom stereocenters. The summed E-state index contributed by atoms with van der Waals surface area (Å²) in [6.45, 7) is 10.7. The summed E-state index contributed by atoms with van der Waals surface area (Å²) < 4.78 is 230. The Morgan fingerprint density at radius 2 is 0.633 bits per heavy atom. The molecule has 3 aromatic rings. The molecular formula is C32H25BF15P. The van der Waals surface area contributed by atoms with Crippen LogP contribution >= 0.6 is 7.92 Å². The molecule has 0 fully saturated rings. The Morgan fingerprint density at radius 3 is 0.816 bits per heavy atom. The lowest BCUT2D eigenvalue weighted by molar-refractivity contribution is 0.379. The fourth-order valence-corrected chi connectivity index (χ4v) is 11.3. The SMILES string of the molecule is CC#C/C(=C(/C)[B-](c1c(F)c(F)c(F)c(F)c1F)(c1c(F)c(F)c(F)c(F)c1F)c1c(F)c(F)c(F)c(F)c1F)[PH+](C(C)(C)C)C(C)(C)C. The first-order chi connectivity index (χ1) is 22.3. The highest BCUT2D eigenvalue weighted by molar-refractivity contribution is 7.65. The molecule has 0 atom stereocenters. The Labute approximate surface area is 272 Å². The van der Waals surface area contributed by atoms with Crippen LogP contribution in [0.5, 0.6) is 0 Å². The van der Waals surface area contributed by atoms with Gasteiger partial charge in [0.15, 0.2) is 52.4 Å². The van der Waals surface area contributed by atoms with E-state index in [0.717, 1.165) is 6.92 Å². The van der Waals surface area contributed by atoms with Crippen molar-refractivity contribution >= 4 is 30.5 Å². The lowest BCUT2D eigenvalue weighted by Crippen LogP contribution is -2.74. The Kier molecular flexibility index (Phi) is 10.8. The molecule has 0 aromatic heterocycles. The highest BCUT2D eigenvalue weighted by Crippen LogP contribution is 2.65. The normalized spacial score (nSPS) is 13.1. The van der Waals surface area contributed by atoms with E-state index in [2.05, 4.69) is 11.8 Å². The van der Waals surface area contributed by atoms with Gasteiger partial charge >= 0.3 is 0 Å². The van der Waals surface area contributed by atoms with Gasteiger partial charge < -0.3 is 0 Å². The molecule has 0 radical (unpaired) electrons. The number of hydrogen-bond acceptors (Lipinski definition) is 0. The van der Waals surface area contributed by atoms with Gasteiger partial charge in [-0.3, -0.25) is 0 Å². The fourth-order valence-electron chi connectivity index (χ4n) is 6.66. The molecule has 0 N–H and O–H groups in total. The van der Waals surface area contributed by atoms with Gasteiger partial charge in [-0.15, -0.1) is 16.4 Å². The predicted octanol–water partition coefficient (Wildman–Crippen LogP) is 8.89. The summed E-state index contributed by atoms with van der Waals surface area (Å²) in [6, 6.07) is 0. The molecular weight excluding hydrogens is 711 g/mol. The first-order valence-electron chi connectivity index (χ1n) is 14.0. The Bertz CT molecular complexity index is 1710. The van der Waals surface area contributed by atoms with Crippen LogP contribution in [-0.2, 0) is 0 Å². The highest BCUT2D eigenvalue weighted by Gasteiger charge is 2.53. The van der Waals surface area contributed by atoms with Crippen LogP contribution in [0.3, 0.4) is 0 Å². The molecule has 0 aliphatic carbocycles. The van der Waals surface area contributed by atoms with E-state index in [1.807, 2.05) is 0 Å². The molecule has 0 spiro atoms. The van der Waals surface area contributed by atoms with E-state index in [-0.39, 0.29) is 0 Å². The van der Waals surface area contributed by atoms with Gasteiger partial charge in [0.25, 0.3) is 0 Å². The third kappa shape index (κ3) is 6.00. The van der Waals surface area contributed by atoms with Gasteiger partial charge in [-0.25, -0.2) is 65.9 Å². The summed E-state index contributed by atoms with van der Waals surface area (Å²) in [7, 11) is -2.74. The summed E-state index contributed by atoms with van der Waals surface area (Å²) in [5.41, 5.74) is -9.32. The topological polar surface area (TPSA) is 0 Å². The van der Waals surface area contributed by atoms with Gasteiger partial charge in [0.2, 0.25) is 0 Å². The van der Waals surface area contributed by atoms with Gasteiger partial charge in [0.1, 0.15) is 46.4 Å². The van der Waals surface area contributed by atoms with Crippen LogP contribution in [0.15, 0.2) is 10.8 Å². The number of hydrogen-bond donors (Lipinski definition) is 0. The Hall–Kier alpha value is -3.60. The van der Waals surface area contributed by atoms with Gasteiger partial charge in [-0.2, -0.15) is 5.47 Å². The van der Waals surface area contributed by atoms with Crippen LogP contribution in [0.4, 0.5) is 65.9 Å². The van der Waals surface area contributed by atoms with Crippen molar-refractivity contribution in [2.45, 2.75) is 65.7 Å². The van der Waals surface area contributed by atoms with Crippen molar-refractivity contribution in [3.63, 3.8) is 0 Å². The van der Waals surface area contributed by atoms with Crippen molar-refractivity contribution in [1.29, 1.82) is 0 Å². The van der Waals surface area contributed by atoms with Crippen LogP contribution in [0.25, 0.3) is 0 Å². The fraction of sp³-hybridized carbons (Fsp3) is 0.312. The van der Waals surface area contributed by atoms with E-state index in [4.69, 9.17) is 0 Å². The maximum atomic E-state index is 16.1. The largest absolute Gasteiger partial charge is 0.207 e. The lowest BCUT2D eigenvalue weighted by Gasteiger charge is -2.46. The van der Waals surface area contributed by atoms with E-state index >= 15 is 52.7 Å². The van der Waals surface area contributed by atoms with Crippen LogP contribution in [0.1, 0.15) is 55.4 Å². The van der Waals surface area contributed by atoms with E-state index in [9.17, 15) is 13.2 Å². The lowest BCUT2D eigenvalue weighted by atomic mass is 9.12. The predicted molar refractivity (Wildman–Crippen MR) is 157 cm³/mol. The van der Waals surface area contributed by atoms with Crippen molar-refractivity contribution in [3.05, 3.63) is 98.0 Å². The second-order valence-electron chi connectivity index (χ2n) is 13.1. The summed E-state index contributed by atoms with van der Waals surface area (Å²) in [4.78, 5) is 0. The molecule has 0 amide bonds. The average Bonchev–Trinajstić information content (AvgIpc) is 3.00. The summed E-state index contributed by atoms with van der Waals surface area (Å²) >= 11 is 0. The zero-order valence-corrected chi connectivity index (χ0v) is 27.7. The van der Waals surface area contributed by atoms with E-state index in [1.54, 1.807) is 0 Å². The first kappa shape index (κ1) is 39.8. The minimum Gasteiger partial charge on any atom is -0.207 e. The molecule has 0 heterocycles. The van der Waals surface area contributed by atoms with E-state index < -0.39 is 139 Å². The molecule has 17 heteroatoms. The molecule has 266 valence electrons. The van der Waals surface area contributed by atoms with E-state index in [0.29, 0.717) is 6.92 Å². The molecule has 0 saturated heterocycles. The summed E-state index contributed by atoms with van der Waals surface area (Å²) in [6.07, 6.45) is -5.88. The molecule has 0 bridgehead atoms. The van der Waals surface area contributed by atoms with Crippen molar-refractivity contribution in [3.8, 4) is 11.8 Å². The number of allylic oxidation sites excluding steroid dienone is 2. The van der Waals surface area contributed by atoms with Gasteiger partial charge in [-0.05, 0) is 54.4 Å². The van der Waals surface area contributed by atoms with Crippen molar-refractivity contribution in [2.75, 3.05) is 0 Å². The number of benzene rings is 3. The minimum absolute atomic E-state index is 0.510. The third-order valence-corrected chi connectivity index (χ3v) is 12.1. The number of rotatable bonds is 5. The van der Waals surface area contributed by atoms with Crippen LogP contribution in [-0.4, -0.2) is 16.5 Å². The highest BCUT2D eigenvalue weighted by atomic mass is 31.1. The maximum Gasteiger partial charge on any atom is 0.200 e. The van der Waals surface area contributed by atoms with Crippen LogP contribution in [0, 0.1) is 99.1 Å². The van der Waals surface area contributed by atoms with Crippen molar-refractivity contribution in [1.82, 2.24) is 0 Å². The molecule has 3 aromatic carbocycles. The zero-order chi connectivity index (χ0) is 38.0. The Morgan fingerprint density at radius 1 is 0.429 bits per heavy atom. The van der Waals surface area contributed by atoms with Crippen LogP contribution in [0.2, 0.25) is 0 Å². The first-order valence-corrected chi connectivity index (χ1v) is 15.5. The van der Waals surface area contributed by atoms with Crippen LogP contribution < -0.4 is 16.4 Å². The minimum atomic E-state index is -5.88. The van der Waals surface area contributed by atoms with Crippen molar-refractivity contribution < 1.29 is 65.9 Å². The Balaban J connectivity index is 3.18.